The topological polar surface area (TPSA) is 76.3 Å². The van der Waals surface area contributed by atoms with Crippen LogP contribution in [-0.2, 0) is 10.0 Å². The van der Waals surface area contributed by atoms with E-state index < -0.39 is 10.0 Å². The van der Waals surface area contributed by atoms with Gasteiger partial charge in [-0.05, 0) is 47.1 Å². The summed E-state index contributed by atoms with van der Waals surface area (Å²) >= 11 is 4.65. The summed E-state index contributed by atoms with van der Waals surface area (Å²) in [4.78, 5) is 4.41. The zero-order chi connectivity index (χ0) is 16.6. The number of hydrogen-bond donors (Lipinski definition) is 1. The second kappa shape index (κ2) is 6.10. The highest BCUT2D eigenvalue weighted by Gasteiger charge is 2.25. The molecule has 8 heteroatoms. The molecule has 2 aromatic carbocycles. The van der Waals surface area contributed by atoms with Crippen molar-refractivity contribution in [3.8, 4) is 0 Å². The van der Waals surface area contributed by atoms with Crippen molar-refractivity contribution >= 4 is 58.3 Å². The van der Waals surface area contributed by atoms with E-state index in [-0.39, 0.29) is 4.90 Å². The molecule has 1 aromatic heterocycles. The van der Waals surface area contributed by atoms with Crippen molar-refractivity contribution in [2.75, 3.05) is 16.6 Å². The Kier molecular flexibility index (Phi) is 4.31. The predicted octanol–water partition coefficient (Wildman–Crippen LogP) is 3.86. The molecule has 0 spiro atoms. The summed E-state index contributed by atoms with van der Waals surface area (Å²) in [5.41, 5.74) is 7.03. The molecule has 0 saturated heterocycles. The van der Waals surface area contributed by atoms with Crippen LogP contribution in [-0.4, -0.2) is 19.9 Å². The van der Waals surface area contributed by atoms with Gasteiger partial charge in [0.25, 0.3) is 10.0 Å². The van der Waals surface area contributed by atoms with Crippen LogP contribution in [0.15, 0.2) is 51.8 Å². The Morgan fingerprint density at radius 1 is 1.26 bits per heavy atom. The van der Waals surface area contributed by atoms with E-state index in [2.05, 4.69) is 20.9 Å². The van der Waals surface area contributed by atoms with Crippen LogP contribution in [0.25, 0.3) is 10.2 Å². The van der Waals surface area contributed by atoms with Gasteiger partial charge in [-0.3, -0.25) is 4.31 Å². The highest BCUT2D eigenvalue weighted by Crippen LogP contribution is 2.34. The van der Waals surface area contributed by atoms with Gasteiger partial charge in [-0.25, -0.2) is 13.4 Å². The number of nitrogens with two attached hydrogens (primary N) is 1. The quantitative estimate of drug-likeness (QED) is 0.706. The Bertz CT molecular complexity index is 956. The number of sulfonamides is 1. The molecule has 0 aliphatic heterocycles. The molecule has 0 saturated carbocycles. The molecule has 0 radical (unpaired) electrons. The lowest BCUT2D eigenvalue weighted by Crippen LogP contribution is -2.30. The first-order chi connectivity index (χ1) is 10.9. The lowest BCUT2D eigenvalue weighted by molar-refractivity contribution is 0.592. The fourth-order valence-electron chi connectivity index (χ4n) is 2.34. The summed E-state index contributed by atoms with van der Waals surface area (Å²) in [7, 11) is -3.67. The lowest BCUT2D eigenvalue weighted by Gasteiger charge is -2.23. The van der Waals surface area contributed by atoms with Crippen LogP contribution in [0.3, 0.4) is 0 Å². The zero-order valence-electron chi connectivity index (χ0n) is 12.2. The molecule has 23 heavy (non-hydrogen) atoms. The molecule has 3 aromatic rings. The monoisotopic (exact) mass is 411 g/mol. The predicted molar refractivity (Wildman–Crippen MR) is 98.4 cm³/mol. The zero-order valence-corrected chi connectivity index (χ0v) is 15.5. The summed E-state index contributed by atoms with van der Waals surface area (Å²) in [6.07, 6.45) is 0. The van der Waals surface area contributed by atoms with E-state index in [0.29, 0.717) is 27.4 Å². The van der Waals surface area contributed by atoms with E-state index in [1.807, 2.05) is 25.1 Å². The Labute approximate surface area is 146 Å². The van der Waals surface area contributed by atoms with E-state index in [4.69, 9.17) is 5.73 Å². The Balaban J connectivity index is 2.15. The second-order valence-corrected chi connectivity index (χ2v) is 8.59. The number of nitrogens with zero attached hydrogens (tertiary/aromatic N) is 2. The van der Waals surface area contributed by atoms with Gasteiger partial charge < -0.3 is 5.73 Å². The van der Waals surface area contributed by atoms with Gasteiger partial charge in [-0.15, -0.1) is 0 Å². The second-order valence-electron chi connectivity index (χ2n) is 4.81. The Morgan fingerprint density at radius 3 is 2.61 bits per heavy atom. The first kappa shape index (κ1) is 16.2. The fraction of sp³-hybridized carbons (Fsp3) is 0.133. The number of aromatic nitrogens is 1. The Hall–Kier alpha value is -1.64. The number of halogens is 1. The number of nitrogen functional groups attached to an aromatic ring is 1. The van der Waals surface area contributed by atoms with Crippen LogP contribution in [0, 0.1) is 0 Å². The average molecular weight is 412 g/mol. The maximum absolute atomic E-state index is 13.0. The molecule has 2 N–H and O–H groups in total. The number of rotatable bonds is 4. The first-order valence-electron chi connectivity index (χ1n) is 6.87. The van der Waals surface area contributed by atoms with E-state index >= 15 is 0 Å². The molecule has 5 nitrogen and oxygen atoms in total. The number of thiazole rings is 1. The van der Waals surface area contributed by atoms with Crippen molar-refractivity contribution in [3.05, 3.63) is 46.9 Å². The SMILES string of the molecule is CCN(c1ccccc1)S(=O)(=O)c1cc(Br)c2nc(N)sc2c1. The minimum Gasteiger partial charge on any atom is -0.375 e. The molecule has 0 unspecified atom stereocenters. The Morgan fingerprint density at radius 2 is 1.96 bits per heavy atom. The lowest BCUT2D eigenvalue weighted by atomic mass is 10.3. The smallest absolute Gasteiger partial charge is 0.264 e. The third-order valence-corrected chi connectivity index (χ3v) is 6.67. The van der Waals surface area contributed by atoms with Crippen molar-refractivity contribution in [1.29, 1.82) is 0 Å². The van der Waals surface area contributed by atoms with Gasteiger partial charge >= 0.3 is 0 Å². The average Bonchev–Trinajstić information content (AvgIpc) is 2.90. The van der Waals surface area contributed by atoms with Gasteiger partial charge in [0, 0.05) is 11.0 Å². The largest absolute Gasteiger partial charge is 0.375 e. The van der Waals surface area contributed by atoms with Crippen molar-refractivity contribution in [2.45, 2.75) is 11.8 Å². The first-order valence-corrected chi connectivity index (χ1v) is 9.92. The molecule has 1 heterocycles. The molecule has 0 aliphatic rings. The van der Waals surface area contributed by atoms with Crippen LogP contribution in [0.4, 0.5) is 10.8 Å². The summed E-state index contributed by atoms with van der Waals surface area (Å²) < 4.78 is 28.8. The molecular formula is C15H14BrN3O2S2. The van der Waals surface area contributed by atoms with Crippen molar-refractivity contribution < 1.29 is 8.42 Å². The van der Waals surface area contributed by atoms with Crippen LogP contribution in [0.1, 0.15) is 6.92 Å². The molecule has 0 atom stereocenters. The molecule has 3 rings (SSSR count). The van der Waals surface area contributed by atoms with Crippen LogP contribution >= 0.6 is 27.3 Å². The normalized spacial score (nSPS) is 11.7. The third kappa shape index (κ3) is 2.93. The number of fused-ring (bicyclic) bond motifs is 1. The molecular weight excluding hydrogens is 398 g/mol. The van der Waals surface area contributed by atoms with E-state index in [9.17, 15) is 8.42 Å². The minimum absolute atomic E-state index is 0.214. The highest BCUT2D eigenvalue weighted by atomic mass is 79.9. The summed E-state index contributed by atoms with van der Waals surface area (Å²) in [5, 5.41) is 0.408. The number of anilines is 2. The van der Waals surface area contributed by atoms with Crippen LogP contribution in [0.2, 0.25) is 0 Å². The van der Waals surface area contributed by atoms with E-state index in [1.54, 1.807) is 24.3 Å². The third-order valence-electron chi connectivity index (χ3n) is 3.36. The van der Waals surface area contributed by atoms with Crippen molar-refractivity contribution in [3.63, 3.8) is 0 Å². The molecule has 0 fully saturated rings. The minimum atomic E-state index is -3.67. The maximum atomic E-state index is 13.0. The van der Waals surface area contributed by atoms with Gasteiger partial charge in [0.1, 0.15) is 0 Å². The van der Waals surface area contributed by atoms with Crippen molar-refractivity contribution in [2.24, 2.45) is 0 Å². The van der Waals surface area contributed by atoms with Crippen molar-refractivity contribution in [1.82, 2.24) is 4.98 Å². The van der Waals surface area contributed by atoms with E-state index in [1.165, 1.54) is 15.6 Å². The standard InChI is InChI=1S/C15H14BrN3O2S2/c1-2-19(10-6-4-3-5-7-10)23(20,21)11-8-12(16)14-13(9-11)22-15(17)18-14/h3-9H,2H2,1H3,(H2,17,18). The summed E-state index contributed by atoms with van der Waals surface area (Å²) in [6, 6.07) is 12.2. The van der Waals surface area contributed by atoms with E-state index in [0.717, 1.165) is 4.70 Å². The van der Waals surface area contributed by atoms with Gasteiger partial charge in [0.2, 0.25) is 0 Å². The molecule has 0 amide bonds. The maximum Gasteiger partial charge on any atom is 0.264 e. The molecule has 0 bridgehead atoms. The summed E-state index contributed by atoms with van der Waals surface area (Å²) in [5.74, 6) is 0. The van der Waals surface area contributed by atoms with Crippen LogP contribution < -0.4 is 10.0 Å². The number of para-hydroxylation sites is 1. The van der Waals surface area contributed by atoms with Gasteiger partial charge in [-0.2, -0.15) is 0 Å². The number of hydrogen-bond acceptors (Lipinski definition) is 5. The number of benzene rings is 2. The van der Waals surface area contributed by atoms with Gasteiger partial charge in [0.15, 0.2) is 5.13 Å². The molecule has 120 valence electrons. The van der Waals surface area contributed by atoms with Gasteiger partial charge in [0.05, 0.1) is 20.8 Å². The van der Waals surface area contributed by atoms with Crippen LogP contribution in [0.5, 0.6) is 0 Å². The molecule has 0 aliphatic carbocycles. The summed E-state index contributed by atoms with van der Waals surface area (Å²) in [6.45, 7) is 2.15. The fourth-order valence-corrected chi connectivity index (χ4v) is 5.58. The van der Waals surface area contributed by atoms with Gasteiger partial charge in [-0.1, -0.05) is 29.5 Å². The highest BCUT2D eigenvalue weighted by molar-refractivity contribution is 9.10.